The highest BCUT2D eigenvalue weighted by Crippen LogP contribution is 2.44. The molecule has 4 heteroatoms. The number of halogens is 1. The van der Waals surface area contributed by atoms with Gasteiger partial charge in [-0.15, -0.1) is 0 Å². The van der Waals surface area contributed by atoms with E-state index in [2.05, 4.69) is 196 Å². The predicted molar refractivity (Wildman–Crippen MR) is 216 cm³/mol. The first-order chi connectivity index (χ1) is 25.7. The molecule has 0 saturated carbocycles. The Labute approximate surface area is 302 Å². The first-order valence-electron chi connectivity index (χ1n) is 17.5. The van der Waals surface area contributed by atoms with E-state index in [4.69, 9.17) is 0 Å². The van der Waals surface area contributed by atoms with Crippen LogP contribution in [0.3, 0.4) is 0 Å². The van der Waals surface area contributed by atoms with E-state index in [1.165, 1.54) is 12.1 Å². The van der Waals surface area contributed by atoms with Gasteiger partial charge in [0.2, 0.25) is 0 Å². The molecule has 52 heavy (non-hydrogen) atoms. The van der Waals surface area contributed by atoms with Crippen LogP contribution >= 0.6 is 0 Å². The fraction of sp³-hybridized carbons (Fsp3) is 0. The smallest absolute Gasteiger partial charge is 0.123 e. The average molecular weight is 672 g/mol. The number of hydrogen-bond acceptors (Lipinski definition) is 2. The lowest BCUT2D eigenvalue weighted by Crippen LogP contribution is -2.13. The fourth-order valence-electron chi connectivity index (χ4n) is 7.24. The first-order valence-corrected chi connectivity index (χ1v) is 17.5. The summed E-state index contributed by atoms with van der Waals surface area (Å²) in [6.07, 6.45) is 0. The normalized spacial score (nSPS) is 11.2. The molecule has 0 N–H and O–H groups in total. The molecule has 0 aliphatic carbocycles. The van der Waals surface area contributed by atoms with Crippen LogP contribution < -0.4 is 9.80 Å². The quantitative estimate of drug-likeness (QED) is 0.159. The number of nitrogens with zero attached hydrogens (tertiary/aromatic N) is 3. The van der Waals surface area contributed by atoms with E-state index in [1.807, 2.05) is 12.1 Å². The molecule has 0 bridgehead atoms. The van der Waals surface area contributed by atoms with Crippen LogP contribution in [-0.2, 0) is 0 Å². The summed E-state index contributed by atoms with van der Waals surface area (Å²) < 4.78 is 16.2. The van der Waals surface area contributed by atoms with Gasteiger partial charge in [-0.05, 0) is 120 Å². The van der Waals surface area contributed by atoms with Gasteiger partial charge in [0.25, 0.3) is 0 Å². The van der Waals surface area contributed by atoms with Crippen molar-refractivity contribution < 1.29 is 4.39 Å². The van der Waals surface area contributed by atoms with Crippen LogP contribution in [0.2, 0.25) is 0 Å². The van der Waals surface area contributed by atoms with Crippen molar-refractivity contribution in [2.45, 2.75) is 0 Å². The highest BCUT2D eigenvalue weighted by atomic mass is 19.1. The molecule has 0 spiro atoms. The second kappa shape index (κ2) is 13.4. The van der Waals surface area contributed by atoms with Gasteiger partial charge in [-0.3, -0.25) is 0 Å². The second-order valence-corrected chi connectivity index (χ2v) is 12.8. The van der Waals surface area contributed by atoms with Crippen molar-refractivity contribution in [3.8, 4) is 16.8 Å². The number of benzene rings is 8. The Balaban J connectivity index is 1.30. The van der Waals surface area contributed by atoms with Crippen molar-refractivity contribution in [1.82, 2.24) is 4.57 Å². The van der Waals surface area contributed by atoms with Crippen molar-refractivity contribution in [2.24, 2.45) is 0 Å². The number of hydrogen-bond donors (Lipinski definition) is 0. The van der Waals surface area contributed by atoms with Crippen LogP contribution in [0.15, 0.2) is 206 Å². The molecule has 0 fully saturated rings. The van der Waals surface area contributed by atoms with Gasteiger partial charge in [-0.2, -0.15) is 0 Å². The van der Waals surface area contributed by atoms with Gasteiger partial charge in [0.05, 0.1) is 11.0 Å². The van der Waals surface area contributed by atoms with Crippen LogP contribution in [0.5, 0.6) is 0 Å². The Hall–Kier alpha value is -6.91. The summed E-state index contributed by atoms with van der Waals surface area (Å²) in [7, 11) is 0. The summed E-state index contributed by atoms with van der Waals surface area (Å²) >= 11 is 0. The largest absolute Gasteiger partial charge is 0.310 e. The zero-order valence-electron chi connectivity index (χ0n) is 28.3. The lowest BCUT2D eigenvalue weighted by atomic mass is 10.00. The van der Waals surface area contributed by atoms with Gasteiger partial charge < -0.3 is 14.4 Å². The zero-order chi connectivity index (χ0) is 34.9. The molecule has 3 nitrogen and oxygen atoms in total. The van der Waals surface area contributed by atoms with Crippen LogP contribution in [0.4, 0.5) is 38.5 Å². The first kappa shape index (κ1) is 31.1. The summed E-state index contributed by atoms with van der Waals surface area (Å²) in [5.74, 6) is -0.248. The molecule has 0 saturated heterocycles. The minimum Gasteiger partial charge on any atom is -0.310 e. The number of para-hydroxylation sites is 5. The standard InChI is InChI=1S/C48H34FN3/c49-37-26-28-42(29-27-37)52-47-24-14-13-23-45(47)46-33-35(25-30-48(46)52)36-31-43(50(38-15-5-1-6-16-38)39-17-7-2-8-18-39)34-44(32-36)51(40-19-9-3-10-20-40)41-21-11-4-12-22-41/h1-34H. The van der Waals surface area contributed by atoms with Gasteiger partial charge in [-0.25, -0.2) is 4.39 Å². The summed E-state index contributed by atoms with van der Waals surface area (Å²) in [4.78, 5) is 4.64. The van der Waals surface area contributed by atoms with Crippen molar-refractivity contribution in [3.05, 3.63) is 212 Å². The van der Waals surface area contributed by atoms with Crippen LogP contribution in [0.25, 0.3) is 38.6 Å². The highest BCUT2D eigenvalue weighted by Gasteiger charge is 2.20. The van der Waals surface area contributed by atoms with Gasteiger partial charge in [0.1, 0.15) is 5.82 Å². The third-order valence-corrected chi connectivity index (χ3v) is 9.57. The van der Waals surface area contributed by atoms with E-state index in [0.29, 0.717) is 0 Å². The zero-order valence-corrected chi connectivity index (χ0v) is 28.3. The molecule has 9 aromatic rings. The molecule has 1 aromatic heterocycles. The Morgan fingerprint density at radius 1 is 0.327 bits per heavy atom. The number of aromatic nitrogens is 1. The van der Waals surface area contributed by atoms with Crippen LogP contribution in [0.1, 0.15) is 0 Å². The van der Waals surface area contributed by atoms with Crippen molar-refractivity contribution in [3.63, 3.8) is 0 Å². The fourth-order valence-corrected chi connectivity index (χ4v) is 7.24. The summed E-state index contributed by atoms with van der Waals surface area (Å²) in [5, 5.41) is 2.28. The van der Waals surface area contributed by atoms with Crippen molar-refractivity contribution in [1.29, 1.82) is 0 Å². The molecule has 0 aliphatic rings. The van der Waals surface area contributed by atoms with Crippen LogP contribution in [-0.4, -0.2) is 4.57 Å². The molecular weight excluding hydrogens is 638 g/mol. The molecule has 248 valence electrons. The van der Waals surface area contributed by atoms with Gasteiger partial charge in [0.15, 0.2) is 0 Å². The minimum atomic E-state index is -0.248. The third-order valence-electron chi connectivity index (χ3n) is 9.57. The number of rotatable bonds is 8. The van der Waals surface area contributed by atoms with Crippen LogP contribution in [0, 0.1) is 5.82 Å². The predicted octanol–water partition coefficient (Wildman–Crippen LogP) is 13.5. The maximum absolute atomic E-state index is 14.0. The van der Waals surface area contributed by atoms with E-state index in [-0.39, 0.29) is 5.82 Å². The summed E-state index contributed by atoms with van der Waals surface area (Å²) in [5.41, 5.74) is 11.6. The minimum absolute atomic E-state index is 0.248. The van der Waals surface area contributed by atoms with E-state index in [1.54, 1.807) is 0 Å². The average Bonchev–Trinajstić information content (AvgIpc) is 3.54. The molecule has 1 heterocycles. The Morgan fingerprint density at radius 3 is 1.27 bits per heavy atom. The van der Waals surface area contributed by atoms with Gasteiger partial charge in [-0.1, -0.05) is 97.1 Å². The molecule has 0 radical (unpaired) electrons. The number of fused-ring (bicyclic) bond motifs is 3. The Bertz CT molecular complexity index is 2440. The highest BCUT2D eigenvalue weighted by molar-refractivity contribution is 6.10. The molecular formula is C48H34FN3. The Morgan fingerprint density at radius 2 is 0.769 bits per heavy atom. The Kier molecular flexibility index (Phi) is 8.03. The molecule has 0 atom stereocenters. The van der Waals surface area contributed by atoms with Crippen molar-refractivity contribution in [2.75, 3.05) is 9.80 Å². The van der Waals surface area contributed by atoms with E-state index in [9.17, 15) is 4.39 Å². The third kappa shape index (κ3) is 5.76. The molecule has 0 amide bonds. The van der Waals surface area contributed by atoms with E-state index >= 15 is 0 Å². The van der Waals surface area contributed by atoms with E-state index in [0.717, 1.165) is 72.7 Å². The van der Waals surface area contributed by atoms with Gasteiger partial charge in [0, 0.05) is 50.6 Å². The SMILES string of the molecule is Fc1ccc(-n2c3ccccc3c3cc(-c4cc(N(c5ccccc5)c5ccccc5)cc(N(c5ccccc5)c5ccccc5)c4)ccc32)cc1. The lowest BCUT2D eigenvalue weighted by Gasteiger charge is -2.30. The molecule has 0 aliphatic heterocycles. The van der Waals surface area contributed by atoms with Gasteiger partial charge >= 0.3 is 0 Å². The summed E-state index contributed by atoms with van der Waals surface area (Å²) in [6, 6.07) is 70.8. The summed E-state index contributed by atoms with van der Waals surface area (Å²) in [6.45, 7) is 0. The lowest BCUT2D eigenvalue weighted by molar-refractivity contribution is 0.627. The molecule has 9 rings (SSSR count). The maximum atomic E-state index is 14.0. The molecule has 0 unspecified atom stereocenters. The molecule has 8 aromatic carbocycles. The monoisotopic (exact) mass is 671 g/mol. The number of anilines is 6. The van der Waals surface area contributed by atoms with E-state index < -0.39 is 0 Å². The maximum Gasteiger partial charge on any atom is 0.123 e. The van der Waals surface area contributed by atoms with Crippen molar-refractivity contribution >= 4 is 55.9 Å². The second-order valence-electron chi connectivity index (χ2n) is 12.8. The topological polar surface area (TPSA) is 11.4 Å².